The summed E-state index contributed by atoms with van der Waals surface area (Å²) in [6, 6.07) is 5.33. The van der Waals surface area contributed by atoms with Gasteiger partial charge in [-0.25, -0.2) is 9.37 Å². The normalized spacial score (nSPS) is 20.7. The van der Waals surface area contributed by atoms with Gasteiger partial charge < -0.3 is 15.0 Å². The first-order valence-corrected chi connectivity index (χ1v) is 12.3. The molecular formula is C22H28FN3O2S2. The highest BCUT2D eigenvalue weighted by Crippen LogP contribution is 2.41. The minimum Gasteiger partial charge on any atom is -0.383 e. The van der Waals surface area contributed by atoms with Crippen LogP contribution in [0.1, 0.15) is 30.6 Å². The average molecular weight is 450 g/mol. The number of rotatable bonds is 8. The number of amides is 1. The minimum atomic E-state index is -0.212. The second-order valence-electron chi connectivity index (χ2n) is 7.92. The quantitative estimate of drug-likeness (QED) is 0.594. The molecule has 4 rings (SSSR count). The summed E-state index contributed by atoms with van der Waals surface area (Å²) in [7, 11) is 1.66. The average Bonchev–Trinajstić information content (AvgIpc) is 3.10. The minimum absolute atomic E-state index is 0.212. The Morgan fingerprint density at radius 2 is 2.17 bits per heavy atom. The second-order valence-corrected chi connectivity index (χ2v) is 10.1. The van der Waals surface area contributed by atoms with Crippen molar-refractivity contribution >= 4 is 34.6 Å². The molecule has 2 heterocycles. The van der Waals surface area contributed by atoms with Crippen molar-refractivity contribution in [3.8, 4) is 11.3 Å². The van der Waals surface area contributed by atoms with Crippen LogP contribution in [0.15, 0.2) is 23.1 Å². The Hall–Kier alpha value is -1.64. The van der Waals surface area contributed by atoms with Gasteiger partial charge in [-0.2, -0.15) is 0 Å². The molecule has 1 saturated carbocycles. The fraction of sp³-hybridized carbons (Fsp3) is 0.545. The fourth-order valence-electron chi connectivity index (χ4n) is 4.30. The molecule has 1 fully saturated rings. The molecule has 8 heteroatoms. The highest BCUT2D eigenvalue weighted by molar-refractivity contribution is 7.99. The third-order valence-electron chi connectivity index (χ3n) is 6.00. The van der Waals surface area contributed by atoms with Crippen LogP contribution in [0, 0.1) is 11.7 Å². The molecule has 1 N–H and O–H groups in total. The van der Waals surface area contributed by atoms with E-state index in [2.05, 4.69) is 5.32 Å². The number of anilines is 1. The van der Waals surface area contributed by atoms with Gasteiger partial charge in [0.25, 0.3) is 0 Å². The van der Waals surface area contributed by atoms with Crippen LogP contribution in [0.25, 0.3) is 11.3 Å². The van der Waals surface area contributed by atoms with Crippen LogP contribution >= 0.6 is 23.1 Å². The van der Waals surface area contributed by atoms with Crippen molar-refractivity contribution in [2.45, 2.75) is 43.0 Å². The summed E-state index contributed by atoms with van der Waals surface area (Å²) >= 11 is 3.47. The van der Waals surface area contributed by atoms with Gasteiger partial charge in [-0.05, 0) is 56.2 Å². The van der Waals surface area contributed by atoms with E-state index in [4.69, 9.17) is 9.72 Å². The van der Waals surface area contributed by atoms with Crippen LogP contribution in [-0.2, 0) is 16.0 Å². The summed E-state index contributed by atoms with van der Waals surface area (Å²) in [4.78, 5) is 20.4. The van der Waals surface area contributed by atoms with Crippen LogP contribution in [0.5, 0.6) is 0 Å². The van der Waals surface area contributed by atoms with Gasteiger partial charge in [-0.15, -0.1) is 23.1 Å². The number of carbonyl (C=O) groups is 1. The van der Waals surface area contributed by atoms with E-state index in [-0.39, 0.29) is 5.82 Å². The predicted octanol–water partition coefficient (Wildman–Crippen LogP) is 4.67. The van der Waals surface area contributed by atoms with E-state index in [1.165, 1.54) is 10.9 Å². The van der Waals surface area contributed by atoms with Gasteiger partial charge in [-0.3, -0.25) is 4.79 Å². The number of fused-ring (bicyclic) bond motifs is 3. The van der Waals surface area contributed by atoms with Gasteiger partial charge in [-0.1, -0.05) is 0 Å². The number of thiazole rings is 1. The van der Waals surface area contributed by atoms with Gasteiger partial charge in [0.1, 0.15) is 5.82 Å². The van der Waals surface area contributed by atoms with Crippen LogP contribution in [0.3, 0.4) is 0 Å². The Kier molecular flexibility index (Phi) is 7.28. The number of carbonyl (C=O) groups excluding carboxylic acids is 1. The smallest absolute Gasteiger partial charge is 0.210 e. The Labute approximate surface area is 185 Å². The highest BCUT2D eigenvalue weighted by Gasteiger charge is 2.26. The maximum atomic E-state index is 13.8. The maximum absolute atomic E-state index is 13.8. The molecule has 0 atom stereocenters. The Balaban J connectivity index is 1.34. The molecule has 2 aromatic rings. The van der Waals surface area contributed by atoms with E-state index in [0.29, 0.717) is 25.1 Å². The molecule has 2 aliphatic rings. The van der Waals surface area contributed by atoms with E-state index in [1.807, 2.05) is 11.0 Å². The van der Waals surface area contributed by atoms with Crippen molar-refractivity contribution in [3.05, 3.63) is 28.9 Å². The van der Waals surface area contributed by atoms with Crippen LogP contribution in [0.4, 0.5) is 9.52 Å². The molecule has 0 spiro atoms. The van der Waals surface area contributed by atoms with Crippen molar-refractivity contribution in [3.63, 3.8) is 0 Å². The number of hydrogen-bond donors (Lipinski definition) is 1. The van der Waals surface area contributed by atoms with Crippen LogP contribution in [0.2, 0.25) is 0 Å². The molecule has 0 unspecified atom stereocenters. The number of hydrogen-bond acceptors (Lipinski definition) is 6. The lowest BCUT2D eigenvalue weighted by Gasteiger charge is -2.34. The van der Waals surface area contributed by atoms with Crippen molar-refractivity contribution < 1.29 is 13.9 Å². The van der Waals surface area contributed by atoms with Crippen LogP contribution < -0.4 is 5.32 Å². The number of nitrogens with zero attached hydrogens (tertiary/aromatic N) is 2. The summed E-state index contributed by atoms with van der Waals surface area (Å²) in [6.07, 6.45) is 6.20. The van der Waals surface area contributed by atoms with Crippen molar-refractivity contribution in [2.75, 3.05) is 37.9 Å². The lowest BCUT2D eigenvalue weighted by atomic mass is 9.85. The molecule has 1 aromatic heterocycles. The highest BCUT2D eigenvalue weighted by atomic mass is 32.2. The molecule has 1 aromatic carbocycles. The van der Waals surface area contributed by atoms with E-state index in [0.717, 1.165) is 72.1 Å². The maximum Gasteiger partial charge on any atom is 0.210 e. The number of ether oxygens (including phenoxy) is 1. The van der Waals surface area contributed by atoms with Crippen molar-refractivity contribution in [2.24, 2.45) is 5.92 Å². The Bertz CT molecular complexity index is 868. The molecular weight excluding hydrogens is 421 g/mol. The summed E-state index contributed by atoms with van der Waals surface area (Å²) in [6.45, 7) is 2.14. The van der Waals surface area contributed by atoms with Gasteiger partial charge >= 0.3 is 0 Å². The Morgan fingerprint density at radius 3 is 2.93 bits per heavy atom. The van der Waals surface area contributed by atoms with Crippen molar-refractivity contribution in [1.82, 2.24) is 9.88 Å². The zero-order valence-corrected chi connectivity index (χ0v) is 18.9. The number of nitrogens with one attached hydrogen (secondary N) is 1. The molecule has 0 bridgehead atoms. The van der Waals surface area contributed by atoms with E-state index in [1.54, 1.807) is 36.3 Å². The topological polar surface area (TPSA) is 54.5 Å². The van der Waals surface area contributed by atoms with E-state index >= 15 is 0 Å². The standard InChI is InChI=1S/C22H28FN3O2S2/c1-28-10-9-26(14-27)17-5-2-15(3-6-17)13-24-22-25-21-18-12-16(23)4-7-19(18)29-11-8-20(21)30-22/h4,7,12,14-15,17H,2-3,5-6,8-11,13H2,1H3,(H,24,25)/t15-,17-. The number of benzene rings is 1. The first kappa shape index (κ1) is 21.6. The molecule has 0 radical (unpaired) electrons. The lowest BCUT2D eigenvalue weighted by molar-refractivity contribution is -0.121. The monoisotopic (exact) mass is 449 g/mol. The number of halogens is 1. The van der Waals surface area contributed by atoms with Crippen LogP contribution in [-0.4, -0.2) is 54.9 Å². The Morgan fingerprint density at radius 1 is 1.33 bits per heavy atom. The zero-order valence-electron chi connectivity index (χ0n) is 17.2. The molecule has 162 valence electrons. The van der Waals surface area contributed by atoms with Gasteiger partial charge in [0.15, 0.2) is 5.13 Å². The van der Waals surface area contributed by atoms with E-state index in [9.17, 15) is 9.18 Å². The van der Waals surface area contributed by atoms with E-state index < -0.39 is 0 Å². The number of aromatic nitrogens is 1. The lowest BCUT2D eigenvalue weighted by Crippen LogP contribution is -2.39. The largest absolute Gasteiger partial charge is 0.383 e. The molecule has 30 heavy (non-hydrogen) atoms. The molecule has 0 saturated heterocycles. The van der Waals surface area contributed by atoms with Gasteiger partial charge in [0.05, 0.1) is 12.3 Å². The van der Waals surface area contributed by atoms with Crippen molar-refractivity contribution in [1.29, 1.82) is 0 Å². The molecule has 5 nitrogen and oxygen atoms in total. The first-order valence-electron chi connectivity index (χ1n) is 10.5. The third-order valence-corrected chi connectivity index (χ3v) is 8.15. The summed E-state index contributed by atoms with van der Waals surface area (Å²) in [5.41, 5.74) is 1.85. The van der Waals surface area contributed by atoms with Gasteiger partial charge in [0.2, 0.25) is 6.41 Å². The third kappa shape index (κ3) is 4.98. The summed E-state index contributed by atoms with van der Waals surface area (Å²) < 4.78 is 18.9. The predicted molar refractivity (Wildman–Crippen MR) is 121 cm³/mol. The fourth-order valence-corrected chi connectivity index (χ4v) is 6.42. The molecule has 1 amide bonds. The summed E-state index contributed by atoms with van der Waals surface area (Å²) in [5.74, 6) is 1.37. The molecule has 1 aliphatic carbocycles. The number of aryl methyl sites for hydroxylation is 1. The SMILES string of the molecule is COCCN(C=O)[C@H]1CC[C@H](CNc2nc3c(s2)CCSc2ccc(F)cc2-3)CC1. The summed E-state index contributed by atoms with van der Waals surface area (Å²) in [5, 5.41) is 4.46. The first-order chi connectivity index (χ1) is 14.7. The molecule has 1 aliphatic heterocycles. The number of thioether (sulfide) groups is 1. The second kappa shape index (κ2) is 10.1. The van der Waals surface area contributed by atoms with Gasteiger partial charge in [0, 0.05) is 47.3 Å². The zero-order chi connectivity index (χ0) is 20.9. The number of methoxy groups -OCH3 is 1.